The van der Waals surface area contributed by atoms with Crippen LogP contribution >= 0.6 is 0 Å². The van der Waals surface area contributed by atoms with Gasteiger partial charge >= 0.3 is 5.97 Å². The second kappa shape index (κ2) is 5.07. The average Bonchev–Trinajstić information content (AvgIpc) is 2.21. The van der Waals surface area contributed by atoms with Gasteiger partial charge in [-0.05, 0) is 0 Å². The minimum absolute atomic E-state index is 0.164. The first-order chi connectivity index (χ1) is 7.39. The van der Waals surface area contributed by atoms with Crippen LogP contribution in [0.4, 0.5) is 0 Å². The molecule has 0 aromatic rings. The van der Waals surface area contributed by atoms with Gasteiger partial charge in [-0.2, -0.15) is 0 Å². The molecule has 7 heteroatoms. The molecule has 0 radical (unpaired) electrons. The van der Waals surface area contributed by atoms with Gasteiger partial charge in [0.1, 0.15) is 18.8 Å². The summed E-state index contributed by atoms with van der Waals surface area (Å²) in [6, 6.07) is 0. The monoisotopic (exact) mass is 236 g/mol. The predicted octanol–water partition coefficient (Wildman–Crippen LogP) is -2.26. The third-order valence-corrected chi connectivity index (χ3v) is 2.43. The zero-order valence-corrected chi connectivity index (χ0v) is 8.87. The van der Waals surface area contributed by atoms with Crippen molar-refractivity contribution in [2.45, 2.75) is 37.4 Å². The molecule has 1 rings (SSSR count). The lowest BCUT2D eigenvalue weighted by atomic mass is 9.96. The van der Waals surface area contributed by atoms with Gasteiger partial charge in [-0.3, -0.25) is 4.79 Å². The molecule has 0 aromatic heterocycles. The Balaban J connectivity index is 2.65. The van der Waals surface area contributed by atoms with E-state index in [0.717, 1.165) is 6.92 Å². The fourth-order valence-corrected chi connectivity index (χ4v) is 1.48. The normalized spacial score (nSPS) is 39.4. The number of hydrogen-bond donors (Lipinski definition) is 4. The van der Waals surface area contributed by atoms with Gasteiger partial charge in [-0.15, -0.1) is 0 Å². The molecule has 0 bridgehead atoms. The van der Waals surface area contributed by atoms with Crippen molar-refractivity contribution in [3.8, 4) is 0 Å². The van der Waals surface area contributed by atoms with E-state index in [9.17, 15) is 20.1 Å². The average molecular weight is 236 g/mol. The number of rotatable bonds is 3. The van der Waals surface area contributed by atoms with Gasteiger partial charge in [0.15, 0.2) is 0 Å². The first kappa shape index (κ1) is 13.3. The minimum Gasteiger partial charge on any atom is -0.460 e. The molecular formula is C9H16O7. The van der Waals surface area contributed by atoms with Gasteiger partial charge in [0, 0.05) is 13.3 Å². The summed E-state index contributed by atoms with van der Waals surface area (Å²) in [7, 11) is 0. The Morgan fingerprint density at radius 3 is 2.69 bits per heavy atom. The van der Waals surface area contributed by atoms with Crippen LogP contribution in [0.5, 0.6) is 0 Å². The van der Waals surface area contributed by atoms with Crippen LogP contribution in [0.2, 0.25) is 0 Å². The van der Waals surface area contributed by atoms with Crippen molar-refractivity contribution in [2.24, 2.45) is 0 Å². The smallest absolute Gasteiger partial charge is 0.302 e. The largest absolute Gasteiger partial charge is 0.460 e. The van der Waals surface area contributed by atoms with Gasteiger partial charge in [0.05, 0.1) is 12.7 Å². The molecule has 0 spiro atoms. The van der Waals surface area contributed by atoms with E-state index in [2.05, 4.69) is 4.74 Å². The number of hydrogen-bond acceptors (Lipinski definition) is 7. The zero-order valence-electron chi connectivity index (χ0n) is 8.87. The summed E-state index contributed by atoms with van der Waals surface area (Å²) in [6.07, 6.45) is -3.63. The number of carbonyl (C=O) groups is 1. The van der Waals surface area contributed by atoms with E-state index in [1.807, 2.05) is 0 Å². The number of aliphatic hydroxyl groups excluding tert-OH is 3. The Hall–Kier alpha value is -0.730. The summed E-state index contributed by atoms with van der Waals surface area (Å²) in [6.45, 7) is 0.0972. The highest BCUT2D eigenvalue weighted by atomic mass is 16.7. The van der Waals surface area contributed by atoms with Crippen molar-refractivity contribution in [3.05, 3.63) is 0 Å². The predicted molar refractivity (Wildman–Crippen MR) is 50.2 cm³/mol. The third-order valence-electron chi connectivity index (χ3n) is 2.43. The highest BCUT2D eigenvalue weighted by Gasteiger charge is 2.47. The van der Waals surface area contributed by atoms with E-state index in [0.29, 0.717) is 0 Å². The summed E-state index contributed by atoms with van der Waals surface area (Å²) in [5, 5.41) is 37.6. The second-order valence-corrected chi connectivity index (χ2v) is 3.78. The molecule has 0 aromatic carbocycles. The Kier molecular flexibility index (Phi) is 4.22. The molecule has 4 atom stereocenters. The fourth-order valence-electron chi connectivity index (χ4n) is 1.48. The molecule has 1 saturated heterocycles. The Bertz CT molecular complexity index is 256. The van der Waals surface area contributed by atoms with Crippen molar-refractivity contribution >= 4 is 5.97 Å². The SMILES string of the molecule is CC(=O)OC[C@@]1(O)O[C@H](CO)C(O)CC1O. The van der Waals surface area contributed by atoms with E-state index >= 15 is 0 Å². The molecular weight excluding hydrogens is 220 g/mol. The fraction of sp³-hybridized carbons (Fsp3) is 0.889. The van der Waals surface area contributed by atoms with Crippen molar-refractivity contribution in [1.82, 2.24) is 0 Å². The molecule has 1 fully saturated rings. The summed E-state index contributed by atoms with van der Waals surface area (Å²) in [4.78, 5) is 10.6. The summed E-state index contributed by atoms with van der Waals surface area (Å²) < 4.78 is 9.47. The Morgan fingerprint density at radius 2 is 2.19 bits per heavy atom. The lowest BCUT2D eigenvalue weighted by Crippen LogP contribution is -2.59. The number of ether oxygens (including phenoxy) is 2. The summed E-state index contributed by atoms with van der Waals surface area (Å²) in [5.74, 6) is -2.71. The molecule has 7 nitrogen and oxygen atoms in total. The first-order valence-corrected chi connectivity index (χ1v) is 4.89. The van der Waals surface area contributed by atoms with Crippen molar-refractivity contribution in [2.75, 3.05) is 13.2 Å². The van der Waals surface area contributed by atoms with E-state index in [4.69, 9.17) is 9.84 Å². The molecule has 2 unspecified atom stereocenters. The lowest BCUT2D eigenvalue weighted by molar-refractivity contribution is -0.334. The van der Waals surface area contributed by atoms with E-state index in [1.165, 1.54) is 0 Å². The van der Waals surface area contributed by atoms with Crippen LogP contribution in [0.15, 0.2) is 0 Å². The van der Waals surface area contributed by atoms with Crippen molar-refractivity contribution in [3.63, 3.8) is 0 Å². The molecule has 1 aliphatic rings. The lowest BCUT2D eigenvalue weighted by Gasteiger charge is -2.41. The van der Waals surface area contributed by atoms with Crippen molar-refractivity contribution in [1.29, 1.82) is 0 Å². The number of aliphatic hydroxyl groups is 4. The van der Waals surface area contributed by atoms with Crippen LogP contribution in [-0.2, 0) is 14.3 Å². The first-order valence-electron chi connectivity index (χ1n) is 4.89. The van der Waals surface area contributed by atoms with Crippen LogP contribution in [0, 0.1) is 0 Å². The van der Waals surface area contributed by atoms with E-state index in [1.54, 1.807) is 0 Å². The zero-order chi connectivity index (χ0) is 12.3. The van der Waals surface area contributed by atoms with Gasteiger partial charge in [0.2, 0.25) is 5.79 Å². The second-order valence-electron chi connectivity index (χ2n) is 3.78. The van der Waals surface area contributed by atoms with Gasteiger partial charge in [0.25, 0.3) is 0 Å². The standard InChI is InChI=1S/C9H16O7/c1-5(11)15-4-9(14)8(13)2-6(12)7(3-10)16-9/h6-8,10,12-14H,2-4H2,1H3/t6?,7-,8?,9-/m1/s1. The van der Waals surface area contributed by atoms with Crippen LogP contribution in [-0.4, -0.2) is 63.7 Å². The maximum Gasteiger partial charge on any atom is 0.302 e. The Morgan fingerprint density at radius 1 is 1.56 bits per heavy atom. The quantitative estimate of drug-likeness (QED) is 0.409. The molecule has 0 saturated carbocycles. The Labute approximate surface area is 92.2 Å². The molecule has 4 N–H and O–H groups in total. The maximum atomic E-state index is 10.6. The number of carbonyl (C=O) groups excluding carboxylic acids is 1. The minimum atomic E-state index is -2.09. The molecule has 1 heterocycles. The van der Waals surface area contributed by atoms with Crippen LogP contribution in [0.1, 0.15) is 13.3 Å². The molecule has 1 aliphatic heterocycles. The molecule has 16 heavy (non-hydrogen) atoms. The summed E-state index contributed by atoms with van der Waals surface area (Å²) in [5.41, 5.74) is 0. The maximum absolute atomic E-state index is 10.6. The van der Waals surface area contributed by atoms with Gasteiger partial charge in [-0.25, -0.2) is 0 Å². The number of esters is 1. The molecule has 0 aliphatic carbocycles. The van der Waals surface area contributed by atoms with Crippen LogP contribution in [0.3, 0.4) is 0 Å². The highest BCUT2D eigenvalue weighted by Crippen LogP contribution is 2.27. The molecule has 0 amide bonds. The molecule has 94 valence electrons. The van der Waals surface area contributed by atoms with Crippen LogP contribution < -0.4 is 0 Å². The third kappa shape index (κ3) is 2.89. The highest BCUT2D eigenvalue weighted by molar-refractivity contribution is 5.65. The van der Waals surface area contributed by atoms with Crippen molar-refractivity contribution < 1.29 is 34.7 Å². The van der Waals surface area contributed by atoms with Gasteiger partial charge in [-0.1, -0.05) is 0 Å². The van der Waals surface area contributed by atoms with E-state index < -0.39 is 43.3 Å². The topological polar surface area (TPSA) is 116 Å². The van der Waals surface area contributed by atoms with E-state index in [-0.39, 0.29) is 6.42 Å². The van der Waals surface area contributed by atoms with Gasteiger partial charge < -0.3 is 29.9 Å². The summed E-state index contributed by atoms with van der Waals surface area (Å²) >= 11 is 0. The van der Waals surface area contributed by atoms with Crippen LogP contribution in [0.25, 0.3) is 0 Å².